The van der Waals surface area contributed by atoms with E-state index >= 15 is 0 Å². The van der Waals surface area contributed by atoms with Gasteiger partial charge in [-0.05, 0) is 67.9 Å². The number of ether oxygens (including phenoxy) is 2. The van der Waals surface area contributed by atoms with Crippen LogP contribution in [0.1, 0.15) is 19.4 Å². The molecule has 0 unspecified atom stereocenters. The zero-order chi connectivity index (χ0) is 25.2. The summed E-state index contributed by atoms with van der Waals surface area (Å²) in [4.78, 5) is 13.7. The monoisotopic (exact) mass is 496 g/mol. The normalized spacial score (nSPS) is 15.6. The molecule has 3 aromatic carbocycles. The lowest BCUT2D eigenvalue weighted by molar-refractivity contribution is -0.142. The minimum absolute atomic E-state index is 0.0651. The van der Waals surface area contributed by atoms with E-state index in [1.54, 1.807) is 44.2 Å². The first-order valence-corrected chi connectivity index (χ1v) is 12.6. The number of anilines is 2. The fourth-order valence-corrected chi connectivity index (χ4v) is 4.84. The molecule has 0 radical (unpaired) electrons. The van der Waals surface area contributed by atoms with E-state index in [1.807, 2.05) is 31.3 Å². The van der Waals surface area contributed by atoms with Crippen LogP contribution in [0.3, 0.4) is 0 Å². The zero-order valence-electron chi connectivity index (χ0n) is 19.8. The van der Waals surface area contributed by atoms with Gasteiger partial charge < -0.3 is 19.5 Å². The lowest BCUT2D eigenvalue weighted by atomic mass is 9.85. The van der Waals surface area contributed by atoms with Gasteiger partial charge in [0.2, 0.25) is 0 Å². The highest BCUT2D eigenvalue weighted by atomic mass is 32.2. The predicted octanol–water partition coefficient (Wildman–Crippen LogP) is 4.13. The van der Waals surface area contributed by atoms with Gasteiger partial charge in [-0.2, -0.15) is 0 Å². The van der Waals surface area contributed by atoms with Crippen LogP contribution < -0.4 is 19.1 Å². The maximum atomic E-state index is 12.9. The van der Waals surface area contributed by atoms with Gasteiger partial charge in [0.05, 0.1) is 22.5 Å². The first-order valence-electron chi connectivity index (χ1n) is 11.1. The third kappa shape index (κ3) is 5.35. The highest BCUT2D eigenvalue weighted by Gasteiger charge is 2.30. The number of sulfonamides is 1. The maximum Gasteiger partial charge on any atom is 0.313 e. The van der Waals surface area contributed by atoms with Crippen molar-refractivity contribution in [3.8, 4) is 11.5 Å². The molecule has 0 spiro atoms. The molecule has 184 valence electrons. The Morgan fingerprint density at radius 2 is 1.83 bits per heavy atom. The lowest BCUT2D eigenvalue weighted by Gasteiger charge is -2.33. The maximum absolute atomic E-state index is 12.9. The van der Waals surface area contributed by atoms with E-state index in [4.69, 9.17) is 9.47 Å². The summed E-state index contributed by atoms with van der Waals surface area (Å²) >= 11 is 0. The molecule has 0 saturated carbocycles. The van der Waals surface area contributed by atoms with Crippen molar-refractivity contribution in [3.63, 3.8) is 0 Å². The predicted molar refractivity (Wildman–Crippen MR) is 134 cm³/mol. The number of aliphatic carboxylic acids is 1. The van der Waals surface area contributed by atoms with Gasteiger partial charge in [-0.1, -0.05) is 24.3 Å². The van der Waals surface area contributed by atoms with Crippen molar-refractivity contribution < 1.29 is 27.8 Å². The van der Waals surface area contributed by atoms with Crippen molar-refractivity contribution in [2.75, 3.05) is 29.8 Å². The van der Waals surface area contributed by atoms with Gasteiger partial charge in [-0.25, -0.2) is 8.42 Å². The highest BCUT2D eigenvalue weighted by molar-refractivity contribution is 7.92. The van der Waals surface area contributed by atoms with Crippen molar-refractivity contribution in [2.24, 2.45) is 0 Å². The van der Waals surface area contributed by atoms with Gasteiger partial charge in [0.1, 0.15) is 24.2 Å². The summed E-state index contributed by atoms with van der Waals surface area (Å²) in [5.74, 6) is 0.333. The Hall–Kier alpha value is -3.72. The molecule has 1 heterocycles. The molecule has 8 nitrogen and oxygen atoms in total. The van der Waals surface area contributed by atoms with Crippen molar-refractivity contribution in [1.29, 1.82) is 0 Å². The summed E-state index contributed by atoms with van der Waals surface area (Å²) in [6.07, 6.45) is -0.165. The number of hydrogen-bond acceptors (Lipinski definition) is 6. The van der Waals surface area contributed by atoms with Crippen LogP contribution in [-0.2, 0) is 20.2 Å². The van der Waals surface area contributed by atoms with Gasteiger partial charge in [0, 0.05) is 12.7 Å². The fourth-order valence-electron chi connectivity index (χ4n) is 3.79. The molecule has 1 aliphatic rings. The van der Waals surface area contributed by atoms with Crippen LogP contribution in [0.15, 0.2) is 77.7 Å². The Balaban J connectivity index is 1.40. The first kappa shape index (κ1) is 24.4. The van der Waals surface area contributed by atoms with Crippen molar-refractivity contribution in [3.05, 3.63) is 78.4 Å². The van der Waals surface area contributed by atoms with Crippen molar-refractivity contribution in [1.82, 2.24) is 0 Å². The minimum Gasteiger partial charge on any atom is -0.490 e. The van der Waals surface area contributed by atoms with Gasteiger partial charge in [-0.15, -0.1) is 0 Å². The number of hydrogen-bond donors (Lipinski definition) is 2. The largest absolute Gasteiger partial charge is 0.490 e. The SMILES string of the molecule is CN1C[C@@H](COc2ccc(S(=O)(=O)Nc3cccc(C(C)(C)C(=O)O)c3)cc2)Oc2ccccc21. The third-order valence-electron chi connectivity index (χ3n) is 5.99. The topological polar surface area (TPSA) is 105 Å². The van der Waals surface area contributed by atoms with E-state index in [0.717, 1.165) is 11.4 Å². The fraction of sp³-hybridized carbons (Fsp3) is 0.269. The van der Waals surface area contributed by atoms with Crippen LogP contribution in [0, 0.1) is 0 Å². The molecule has 0 aliphatic carbocycles. The van der Waals surface area contributed by atoms with Crippen LogP contribution in [0.5, 0.6) is 11.5 Å². The third-order valence-corrected chi connectivity index (χ3v) is 7.39. The summed E-state index contributed by atoms with van der Waals surface area (Å²) in [6, 6.07) is 20.3. The Labute approximate surface area is 205 Å². The quantitative estimate of drug-likeness (QED) is 0.483. The summed E-state index contributed by atoms with van der Waals surface area (Å²) in [7, 11) is -1.87. The van der Waals surface area contributed by atoms with E-state index in [-0.39, 0.29) is 16.7 Å². The number of nitrogens with one attached hydrogen (secondary N) is 1. The second-order valence-corrected chi connectivity index (χ2v) is 10.7. The molecular weight excluding hydrogens is 468 g/mol. The average molecular weight is 497 g/mol. The summed E-state index contributed by atoms with van der Waals surface area (Å²) < 4.78 is 40.1. The Kier molecular flexibility index (Phi) is 6.62. The molecule has 1 atom stereocenters. The van der Waals surface area contributed by atoms with Crippen LogP contribution in [0.2, 0.25) is 0 Å². The minimum atomic E-state index is -3.87. The summed E-state index contributed by atoms with van der Waals surface area (Å²) in [5, 5.41) is 9.44. The van der Waals surface area contributed by atoms with Gasteiger partial charge >= 0.3 is 5.97 Å². The second kappa shape index (κ2) is 9.50. The number of carboxylic acids is 1. The molecule has 0 amide bonds. The molecule has 0 aromatic heterocycles. The number of fused-ring (bicyclic) bond motifs is 1. The number of carboxylic acid groups (broad SMARTS) is 1. The molecule has 1 aliphatic heterocycles. The van der Waals surface area contributed by atoms with E-state index in [0.29, 0.717) is 24.5 Å². The molecule has 9 heteroatoms. The standard InChI is InChI=1S/C26H28N2O6S/c1-26(2,25(29)30)18-7-6-8-19(15-18)27-35(31,32)22-13-11-20(12-14-22)33-17-21-16-28(3)23-9-4-5-10-24(23)34-21/h4-15,21,27H,16-17H2,1-3H3,(H,29,30)/t21-/m0/s1. The number of benzene rings is 3. The van der Waals surface area contributed by atoms with Crippen LogP contribution >= 0.6 is 0 Å². The van der Waals surface area contributed by atoms with Crippen LogP contribution in [-0.4, -0.2) is 45.8 Å². The van der Waals surface area contributed by atoms with Gasteiger partial charge in [-0.3, -0.25) is 9.52 Å². The number of para-hydroxylation sites is 2. The Bertz CT molecular complexity index is 1320. The molecule has 0 saturated heterocycles. The van der Waals surface area contributed by atoms with Crippen LogP contribution in [0.25, 0.3) is 0 Å². The molecular formula is C26H28N2O6S. The average Bonchev–Trinajstić information content (AvgIpc) is 2.83. The van der Waals surface area contributed by atoms with E-state index in [1.165, 1.54) is 18.2 Å². The van der Waals surface area contributed by atoms with E-state index in [9.17, 15) is 18.3 Å². The number of rotatable bonds is 8. The molecule has 4 rings (SSSR count). The number of nitrogens with zero attached hydrogens (tertiary/aromatic N) is 1. The van der Waals surface area contributed by atoms with Gasteiger partial charge in [0.15, 0.2) is 0 Å². The molecule has 0 bridgehead atoms. The molecule has 3 aromatic rings. The van der Waals surface area contributed by atoms with Gasteiger partial charge in [0.25, 0.3) is 10.0 Å². The van der Waals surface area contributed by atoms with E-state index in [2.05, 4.69) is 9.62 Å². The van der Waals surface area contributed by atoms with Crippen molar-refractivity contribution >= 4 is 27.4 Å². The Morgan fingerprint density at radius 3 is 2.54 bits per heavy atom. The molecule has 35 heavy (non-hydrogen) atoms. The lowest BCUT2D eigenvalue weighted by Crippen LogP contribution is -2.41. The van der Waals surface area contributed by atoms with Crippen LogP contribution in [0.4, 0.5) is 11.4 Å². The molecule has 0 fully saturated rings. The van der Waals surface area contributed by atoms with Crippen molar-refractivity contribution in [2.45, 2.75) is 30.3 Å². The number of carbonyl (C=O) groups is 1. The summed E-state index contributed by atoms with van der Waals surface area (Å²) in [5.41, 5.74) is 0.658. The highest BCUT2D eigenvalue weighted by Crippen LogP contribution is 2.32. The Morgan fingerprint density at radius 1 is 1.11 bits per heavy atom. The van der Waals surface area contributed by atoms with E-state index < -0.39 is 21.4 Å². The summed E-state index contributed by atoms with van der Waals surface area (Å²) in [6.45, 7) is 4.12. The second-order valence-electron chi connectivity index (χ2n) is 8.99. The smallest absolute Gasteiger partial charge is 0.313 e. The number of likely N-dealkylation sites (N-methyl/N-ethyl adjacent to an activating group) is 1. The first-order chi connectivity index (χ1) is 16.6. The zero-order valence-corrected chi connectivity index (χ0v) is 20.6. The molecule has 2 N–H and O–H groups in total.